The van der Waals surface area contributed by atoms with Crippen LogP contribution < -0.4 is 5.32 Å². The van der Waals surface area contributed by atoms with E-state index in [0.717, 1.165) is 17.3 Å². The molecular formula is C13H16BrN3O3. The van der Waals surface area contributed by atoms with Crippen LogP contribution in [0.3, 0.4) is 0 Å². The summed E-state index contributed by atoms with van der Waals surface area (Å²) in [7, 11) is 0. The minimum atomic E-state index is -0.911. The summed E-state index contributed by atoms with van der Waals surface area (Å²) in [6, 6.07) is 3.00. The predicted molar refractivity (Wildman–Crippen MR) is 77.4 cm³/mol. The molecule has 20 heavy (non-hydrogen) atoms. The molecular weight excluding hydrogens is 326 g/mol. The molecule has 1 fully saturated rings. The van der Waals surface area contributed by atoms with Gasteiger partial charge in [0.05, 0.1) is 6.54 Å². The fraction of sp³-hybridized carbons (Fsp3) is 0.462. The number of carboxylic acid groups (broad SMARTS) is 1. The molecule has 1 unspecified atom stereocenters. The van der Waals surface area contributed by atoms with Crippen LogP contribution in [-0.4, -0.2) is 45.5 Å². The first kappa shape index (κ1) is 14.9. The molecule has 0 radical (unpaired) electrons. The molecule has 2 rings (SSSR count). The Kier molecular flexibility index (Phi) is 4.72. The zero-order valence-corrected chi connectivity index (χ0v) is 12.6. The lowest BCUT2D eigenvalue weighted by Crippen LogP contribution is -2.44. The quantitative estimate of drug-likeness (QED) is 0.823. The van der Waals surface area contributed by atoms with E-state index in [2.05, 4.69) is 26.2 Å². The topological polar surface area (TPSA) is 82.5 Å². The van der Waals surface area contributed by atoms with Crippen molar-refractivity contribution < 1.29 is 14.7 Å². The van der Waals surface area contributed by atoms with Crippen LogP contribution in [0.25, 0.3) is 0 Å². The number of aromatic nitrogens is 1. The molecule has 1 aliphatic rings. The number of nitrogens with one attached hydrogen (secondary N) is 1. The molecule has 0 saturated heterocycles. The van der Waals surface area contributed by atoms with Crippen LogP contribution >= 0.6 is 15.9 Å². The highest BCUT2D eigenvalue weighted by Gasteiger charge is 2.36. The molecule has 0 spiro atoms. The van der Waals surface area contributed by atoms with Gasteiger partial charge in [-0.1, -0.05) is 0 Å². The number of hydrogen-bond acceptors (Lipinski definition) is 4. The average molecular weight is 342 g/mol. The maximum atomic E-state index is 12.0. The second-order valence-corrected chi connectivity index (χ2v) is 5.74. The molecule has 1 saturated carbocycles. The zero-order chi connectivity index (χ0) is 14.7. The van der Waals surface area contributed by atoms with Crippen LogP contribution in [0.5, 0.6) is 0 Å². The van der Waals surface area contributed by atoms with Crippen molar-refractivity contribution in [2.45, 2.75) is 31.8 Å². The van der Waals surface area contributed by atoms with Crippen molar-refractivity contribution in [1.29, 1.82) is 0 Å². The van der Waals surface area contributed by atoms with Gasteiger partial charge in [-0.15, -0.1) is 0 Å². The van der Waals surface area contributed by atoms with Crippen LogP contribution in [0.1, 0.15) is 19.8 Å². The van der Waals surface area contributed by atoms with Gasteiger partial charge in [0.2, 0.25) is 5.91 Å². The van der Waals surface area contributed by atoms with Gasteiger partial charge >= 0.3 is 5.97 Å². The fourth-order valence-corrected chi connectivity index (χ4v) is 2.16. The third-order valence-corrected chi connectivity index (χ3v) is 3.66. The van der Waals surface area contributed by atoms with E-state index in [1.165, 1.54) is 0 Å². The van der Waals surface area contributed by atoms with E-state index in [1.807, 2.05) is 0 Å². The molecule has 6 nitrogen and oxygen atoms in total. The number of hydrogen-bond donors (Lipinski definition) is 2. The van der Waals surface area contributed by atoms with Crippen LogP contribution in [0.4, 0.5) is 5.82 Å². The van der Waals surface area contributed by atoms with E-state index in [0.29, 0.717) is 5.82 Å². The smallest absolute Gasteiger partial charge is 0.320 e. The van der Waals surface area contributed by atoms with Gasteiger partial charge in [0.25, 0.3) is 0 Å². The maximum Gasteiger partial charge on any atom is 0.320 e. The summed E-state index contributed by atoms with van der Waals surface area (Å²) in [5, 5.41) is 11.7. The van der Waals surface area contributed by atoms with Crippen molar-refractivity contribution in [3.63, 3.8) is 0 Å². The van der Waals surface area contributed by atoms with Crippen molar-refractivity contribution in [2.75, 3.05) is 11.9 Å². The van der Waals surface area contributed by atoms with E-state index in [1.54, 1.807) is 30.2 Å². The van der Waals surface area contributed by atoms with E-state index in [-0.39, 0.29) is 18.5 Å². The lowest BCUT2D eigenvalue weighted by atomic mass is 10.2. The summed E-state index contributed by atoms with van der Waals surface area (Å²) < 4.78 is 0.828. The summed E-state index contributed by atoms with van der Waals surface area (Å²) in [6.07, 6.45) is 3.48. The minimum absolute atomic E-state index is 0.0654. The van der Waals surface area contributed by atoms with Gasteiger partial charge in [0.15, 0.2) is 0 Å². The summed E-state index contributed by atoms with van der Waals surface area (Å²) in [5.41, 5.74) is 0. The first-order valence-electron chi connectivity index (χ1n) is 6.37. The second kappa shape index (κ2) is 6.32. The molecule has 7 heteroatoms. The minimum Gasteiger partial charge on any atom is -0.480 e. The largest absolute Gasteiger partial charge is 0.480 e. The molecule has 2 N–H and O–H groups in total. The Labute approximate surface area is 125 Å². The number of halogens is 1. The Morgan fingerprint density at radius 1 is 1.55 bits per heavy atom. The molecule has 108 valence electrons. The van der Waals surface area contributed by atoms with E-state index >= 15 is 0 Å². The molecule has 0 bridgehead atoms. The summed E-state index contributed by atoms with van der Waals surface area (Å²) in [5.74, 6) is -0.705. The normalized spacial score (nSPS) is 15.9. The maximum absolute atomic E-state index is 12.0. The second-order valence-electron chi connectivity index (χ2n) is 4.83. The number of pyridine rings is 1. The third kappa shape index (κ3) is 4.01. The number of nitrogens with zero attached hydrogens (tertiary/aromatic N) is 2. The molecule has 0 aliphatic heterocycles. The fourth-order valence-electron chi connectivity index (χ4n) is 1.93. The van der Waals surface area contributed by atoms with Gasteiger partial charge in [0, 0.05) is 16.7 Å². The molecule has 1 aromatic rings. The highest BCUT2D eigenvalue weighted by molar-refractivity contribution is 9.10. The molecule has 1 heterocycles. The number of aliphatic carboxylic acids is 1. The standard InChI is InChI=1S/C13H16BrN3O3/c1-8(13(19)20)17(10-3-4-10)7-12(18)16-11-5-2-9(14)6-15-11/h2,5-6,8,10H,3-4,7H2,1H3,(H,19,20)(H,15,16,18). The van der Waals surface area contributed by atoms with Gasteiger partial charge in [-0.05, 0) is 47.8 Å². The molecule has 1 aliphatic carbocycles. The highest BCUT2D eigenvalue weighted by atomic mass is 79.9. The zero-order valence-electron chi connectivity index (χ0n) is 11.0. The summed E-state index contributed by atoms with van der Waals surface area (Å²) in [6.45, 7) is 1.67. The Hall–Kier alpha value is -1.47. The van der Waals surface area contributed by atoms with Crippen molar-refractivity contribution in [2.24, 2.45) is 0 Å². The number of carbonyl (C=O) groups excluding carboxylic acids is 1. The Morgan fingerprint density at radius 2 is 2.25 bits per heavy atom. The number of anilines is 1. The molecule has 1 aromatic heterocycles. The molecule has 1 atom stereocenters. The highest BCUT2D eigenvalue weighted by Crippen LogP contribution is 2.28. The Balaban J connectivity index is 1.94. The van der Waals surface area contributed by atoms with Gasteiger partial charge in [-0.25, -0.2) is 4.98 Å². The van der Waals surface area contributed by atoms with Crippen molar-refractivity contribution in [1.82, 2.24) is 9.88 Å². The molecule has 1 amide bonds. The van der Waals surface area contributed by atoms with Gasteiger partial charge < -0.3 is 10.4 Å². The lowest BCUT2D eigenvalue weighted by molar-refractivity contribution is -0.143. The van der Waals surface area contributed by atoms with Crippen molar-refractivity contribution in [3.05, 3.63) is 22.8 Å². The predicted octanol–water partition coefficient (Wildman–Crippen LogP) is 1.72. The van der Waals surface area contributed by atoms with Crippen LogP contribution in [0.2, 0.25) is 0 Å². The first-order valence-corrected chi connectivity index (χ1v) is 7.16. The number of carbonyl (C=O) groups is 2. The lowest BCUT2D eigenvalue weighted by Gasteiger charge is -2.25. The first-order chi connectivity index (χ1) is 9.47. The van der Waals surface area contributed by atoms with E-state index in [4.69, 9.17) is 5.11 Å². The SMILES string of the molecule is CC(C(=O)O)N(CC(=O)Nc1ccc(Br)cn1)C1CC1. The molecule has 0 aromatic carbocycles. The van der Waals surface area contributed by atoms with Crippen LogP contribution in [0.15, 0.2) is 22.8 Å². The number of carboxylic acids is 1. The van der Waals surface area contributed by atoms with Gasteiger partial charge in [-0.2, -0.15) is 0 Å². The van der Waals surface area contributed by atoms with E-state index < -0.39 is 12.0 Å². The van der Waals surface area contributed by atoms with Crippen LogP contribution in [0, 0.1) is 0 Å². The van der Waals surface area contributed by atoms with Crippen LogP contribution in [-0.2, 0) is 9.59 Å². The Morgan fingerprint density at radius 3 is 2.75 bits per heavy atom. The van der Waals surface area contributed by atoms with Crippen molar-refractivity contribution in [3.8, 4) is 0 Å². The van der Waals surface area contributed by atoms with E-state index in [9.17, 15) is 9.59 Å². The number of rotatable bonds is 6. The number of amides is 1. The third-order valence-electron chi connectivity index (χ3n) is 3.19. The Bertz CT molecular complexity index is 502. The summed E-state index contributed by atoms with van der Waals surface area (Å²) >= 11 is 3.27. The van der Waals surface area contributed by atoms with Crippen molar-refractivity contribution >= 4 is 33.6 Å². The average Bonchev–Trinajstić information content (AvgIpc) is 3.22. The van der Waals surface area contributed by atoms with Gasteiger partial charge in [0.1, 0.15) is 11.9 Å². The van der Waals surface area contributed by atoms with Gasteiger partial charge in [-0.3, -0.25) is 14.5 Å². The summed E-state index contributed by atoms with van der Waals surface area (Å²) in [4.78, 5) is 28.8. The monoisotopic (exact) mass is 341 g/mol.